The van der Waals surface area contributed by atoms with Crippen LogP contribution in [0, 0.1) is 11.6 Å². The van der Waals surface area contributed by atoms with Gasteiger partial charge in [-0.05, 0) is 36.5 Å². The van der Waals surface area contributed by atoms with E-state index < -0.39 is 17.5 Å². The van der Waals surface area contributed by atoms with Crippen molar-refractivity contribution in [3.63, 3.8) is 0 Å². The Hall–Kier alpha value is -2.28. The molecule has 0 aliphatic rings. The predicted molar refractivity (Wildman–Crippen MR) is 68.8 cm³/mol. The van der Waals surface area contributed by atoms with Crippen LogP contribution in [0.3, 0.4) is 0 Å². The van der Waals surface area contributed by atoms with E-state index in [2.05, 4.69) is 10.6 Å². The van der Waals surface area contributed by atoms with E-state index in [1.165, 1.54) is 18.4 Å². The summed E-state index contributed by atoms with van der Waals surface area (Å²) in [5.74, 6) is -2.00. The van der Waals surface area contributed by atoms with Gasteiger partial charge in [0.2, 0.25) is 0 Å². The van der Waals surface area contributed by atoms with Gasteiger partial charge in [-0.1, -0.05) is 0 Å². The number of hydrogen-bond acceptors (Lipinski definition) is 3. The number of hydrogen-bond donors (Lipinski definition) is 2. The molecule has 19 heavy (non-hydrogen) atoms. The number of carbonyl (C=O) groups excluding carboxylic acids is 1. The molecular formula is C12H8F2N2O2S. The van der Waals surface area contributed by atoms with Gasteiger partial charge in [0.05, 0.1) is 12.0 Å². The first-order valence-corrected chi connectivity index (χ1v) is 5.58. The fourth-order valence-corrected chi connectivity index (χ4v) is 1.52. The van der Waals surface area contributed by atoms with Crippen LogP contribution in [0.15, 0.2) is 41.0 Å². The molecule has 1 amide bonds. The van der Waals surface area contributed by atoms with Gasteiger partial charge in [0, 0.05) is 6.07 Å². The Labute approximate surface area is 112 Å². The SMILES string of the molecule is O=C(NC(=S)Nc1ccc(F)cc1F)c1ccco1. The average molecular weight is 282 g/mol. The van der Waals surface area contributed by atoms with E-state index in [1.807, 2.05) is 0 Å². The predicted octanol–water partition coefficient (Wildman–Crippen LogP) is 2.68. The van der Waals surface area contributed by atoms with Gasteiger partial charge in [-0.25, -0.2) is 8.78 Å². The monoisotopic (exact) mass is 282 g/mol. The van der Waals surface area contributed by atoms with E-state index in [0.717, 1.165) is 6.07 Å². The maximum atomic E-state index is 13.3. The fourth-order valence-electron chi connectivity index (χ4n) is 1.32. The number of rotatable bonds is 2. The smallest absolute Gasteiger partial charge is 0.293 e. The van der Waals surface area contributed by atoms with Crippen LogP contribution in [-0.4, -0.2) is 11.0 Å². The molecule has 1 aromatic heterocycles. The van der Waals surface area contributed by atoms with Crippen molar-refractivity contribution < 1.29 is 18.0 Å². The Morgan fingerprint density at radius 2 is 2.05 bits per heavy atom. The zero-order valence-electron chi connectivity index (χ0n) is 9.44. The maximum absolute atomic E-state index is 13.3. The molecule has 0 saturated heterocycles. The Morgan fingerprint density at radius 3 is 2.68 bits per heavy atom. The summed E-state index contributed by atoms with van der Waals surface area (Å²) in [5.41, 5.74) is -0.0360. The lowest BCUT2D eigenvalue weighted by molar-refractivity contribution is 0.0950. The first-order chi connectivity index (χ1) is 9.06. The second kappa shape index (κ2) is 5.57. The largest absolute Gasteiger partial charge is 0.459 e. The van der Waals surface area contributed by atoms with Crippen LogP contribution in [0.4, 0.5) is 14.5 Å². The zero-order valence-corrected chi connectivity index (χ0v) is 10.3. The van der Waals surface area contributed by atoms with E-state index in [-0.39, 0.29) is 16.6 Å². The number of furan rings is 1. The Morgan fingerprint density at radius 1 is 1.26 bits per heavy atom. The van der Waals surface area contributed by atoms with Gasteiger partial charge in [0.25, 0.3) is 5.91 Å². The second-order valence-corrected chi connectivity index (χ2v) is 3.92. The molecule has 0 atom stereocenters. The molecule has 4 nitrogen and oxygen atoms in total. The van der Waals surface area contributed by atoms with Gasteiger partial charge in [-0.3, -0.25) is 10.1 Å². The maximum Gasteiger partial charge on any atom is 0.293 e. The highest BCUT2D eigenvalue weighted by Crippen LogP contribution is 2.14. The molecule has 0 radical (unpaired) electrons. The highest BCUT2D eigenvalue weighted by Gasteiger charge is 2.11. The minimum absolute atomic E-state index is 0.0360. The molecule has 0 bridgehead atoms. The van der Waals surface area contributed by atoms with E-state index in [0.29, 0.717) is 6.07 Å². The molecule has 0 unspecified atom stereocenters. The third-order valence-corrected chi connectivity index (χ3v) is 2.36. The molecule has 0 fully saturated rings. The average Bonchev–Trinajstić information content (AvgIpc) is 2.86. The number of anilines is 1. The van der Waals surface area contributed by atoms with Crippen LogP contribution in [0.1, 0.15) is 10.6 Å². The molecule has 0 saturated carbocycles. The van der Waals surface area contributed by atoms with Crippen LogP contribution >= 0.6 is 12.2 Å². The summed E-state index contributed by atoms with van der Waals surface area (Å²) >= 11 is 4.83. The van der Waals surface area contributed by atoms with Crippen molar-refractivity contribution in [2.45, 2.75) is 0 Å². The van der Waals surface area contributed by atoms with Crippen LogP contribution in [0.2, 0.25) is 0 Å². The van der Waals surface area contributed by atoms with Gasteiger partial charge >= 0.3 is 0 Å². The minimum atomic E-state index is -0.811. The minimum Gasteiger partial charge on any atom is -0.459 e. The quantitative estimate of drug-likeness (QED) is 0.832. The number of thiocarbonyl (C=S) groups is 1. The van der Waals surface area contributed by atoms with E-state index >= 15 is 0 Å². The van der Waals surface area contributed by atoms with Gasteiger partial charge in [0.1, 0.15) is 11.6 Å². The van der Waals surface area contributed by atoms with Gasteiger partial charge in [-0.15, -0.1) is 0 Å². The zero-order chi connectivity index (χ0) is 13.8. The molecule has 0 spiro atoms. The fraction of sp³-hybridized carbons (Fsp3) is 0. The molecule has 1 aromatic carbocycles. The van der Waals surface area contributed by atoms with Crippen molar-refractivity contribution in [3.05, 3.63) is 54.0 Å². The first kappa shape index (κ1) is 13.2. The van der Waals surface area contributed by atoms with Crippen LogP contribution < -0.4 is 10.6 Å². The number of nitrogens with one attached hydrogen (secondary N) is 2. The van der Waals surface area contributed by atoms with Crippen molar-refractivity contribution in [3.8, 4) is 0 Å². The Kier molecular flexibility index (Phi) is 3.86. The lowest BCUT2D eigenvalue weighted by Crippen LogP contribution is -2.34. The van der Waals surface area contributed by atoms with Crippen molar-refractivity contribution in [2.24, 2.45) is 0 Å². The van der Waals surface area contributed by atoms with Crippen molar-refractivity contribution in [2.75, 3.05) is 5.32 Å². The van der Waals surface area contributed by atoms with Crippen molar-refractivity contribution in [1.82, 2.24) is 5.32 Å². The number of carbonyl (C=O) groups is 1. The van der Waals surface area contributed by atoms with E-state index in [1.54, 1.807) is 6.07 Å². The van der Waals surface area contributed by atoms with Crippen molar-refractivity contribution in [1.29, 1.82) is 0 Å². The summed E-state index contributed by atoms with van der Waals surface area (Å²) in [6.45, 7) is 0. The molecule has 2 aromatic rings. The van der Waals surface area contributed by atoms with Crippen LogP contribution in [0.25, 0.3) is 0 Å². The highest BCUT2D eigenvalue weighted by molar-refractivity contribution is 7.80. The number of amides is 1. The topological polar surface area (TPSA) is 54.3 Å². The molecule has 98 valence electrons. The second-order valence-electron chi connectivity index (χ2n) is 3.51. The molecule has 2 rings (SSSR count). The summed E-state index contributed by atoms with van der Waals surface area (Å²) in [7, 11) is 0. The first-order valence-electron chi connectivity index (χ1n) is 5.17. The van der Waals surface area contributed by atoms with E-state index in [9.17, 15) is 13.6 Å². The number of halogens is 2. The molecular weight excluding hydrogens is 274 g/mol. The third kappa shape index (κ3) is 3.35. The van der Waals surface area contributed by atoms with Gasteiger partial charge < -0.3 is 9.73 Å². The molecule has 1 heterocycles. The van der Waals surface area contributed by atoms with Crippen LogP contribution in [-0.2, 0) is 0 Å². The Balaban J connectivity index is 2.00. The lowest BCUT2D eigenvalue weighted by Gasteiger charge is -2.09. The molecule has 7 heteroatoms. The standard InChI is InChI=1S/C12H8F2N2O2S/c13-7-3-4-9(8(14)6-7)15-12(19)16-11(17)10-2-1-5-18-10/h1-6H,(H2,15,16,17,19). The van der Waals surface area contributed by atoms with Gasteiger partial charge in [-0.2, -0.15) is 0 Å². The third-order valence-electron chi connectivity index (χ3n) is 2.15. The van der Waals surface area contributed by atoms with Crippen molar-refractivity contribution >= 4 is 28.9 Å². The van der Waals surface area contributed by atoms with Gasteiger partial charge in [0.15, 0.2) is 10.9 Å². The lowest BCUT2D eigenvalue weighted by atomic mass is 10.3. The van der Waals surface area contributed by atoms with Crippen LogP contribution in [0.5, 0.6) is 0 Å². The summed E-state index contributed by atoms with van der Waals surface area (Å²) in [6, 6.07) is 5.96. The molecule has 0 aliphatic carbocycles. The highest BCUT2D eigenvalue weighted by atomic mass is 32.1. The summed E-state index contributed by atoms with van der Waals surface area (Å²) in [5, 5.41) is 4.63. The molecule has 2 N–H and O–H groups in total. The summed E-state index contributed by atoms with van der Waals surface area (Å²) in [4.78, 5) is 11.6. The van der Waals surface area contributed by atoms with E-state index in [4.69, 9.17) is 16.6 Å². The normalized spacial score (nSPS) is 10.0. The summed E-state index contributed by atoms with van der Waals surface area (Å²) < 4.78 is 30.9. The summed E-state index contributed by atoms with van der Waals surface area (Å²) in [6.07, 6.45) is 1.34. The number of benzene rings is 1. The molecule has 0 aliphatic heterocycles. The Bertz CT molecular complexity index is 614.